The number of rotatable bonds is 6. The van der Waals surface area contributed by atoms with E-state index in [4.69, 9.17) is 0 Å². The lowest BCUT2D eigenvalue weighted by molar-refractivity contribution is -0.274. The first kappa shape index (κ1) is 17.9. The van der Waals surface area contributed by atoms with Gasteiger partial charge in [0, 0.05) is 19.1 Å². The van der Waals surface area contributed by atoms with Gasteiger partial charge in [-0.3, -0.25) is 4.90 Å². The fraction of sp³-hybridized carbons (Fsp3) is 0.571. The van der Waals surface area contributed by atoms with Crippen LogP contribution in [0.1, 0.15) is 18.4 Å². The molecule has 2 rings (SSSR count). The van der Waals surface area contributed by atoms with Crippen molar-refractivity contribution in [2.24, 2.45) is 0 Å². The molecule has 0 radical (unpaired) electrons. The van der Waals surface area contributed by atoms with E-state index >= 15 is 0 Å². The molecule has 1 aromatic rings. The Balaban J connectivity index is 1.97. The van der Waals surface area contributed by atoms with Gasteiger partial charge in [0.2, 0.25) is 0 Å². The van der Waals surface area contributed by atoms with Crippen molar-refractivity contribution >= 4 is 0 Å². The van der Waals surface area contributed by atoms with Gasteiger partial charge in [0.25, 0.3) is 0 Å². The minimum Gasteiger partial charge on any atom is -0.406 e. The Labute approximate surface area is 128 Å². The zero-order valence-electron chi connectivity index (χ0n) is 11.9. The number of aliphatic hydroxyl groups is 1. The van der Waals surface area contributed by atoms with E-state index in [1.54, 1.807) is 0 Å². The van der Waals surface area contributed by atoms with Crippen LogP contribution in [0.3, 0.4) is 0 Å². The first-order valence-electron chi connectivity index (χ1n) is 6.88. The molecular weight excluding hydrogens is 328 g/mol. The van der Waals surface area contributed by atoms with Crippen LogP contribution in [0.2, 0.25) is 0 Å². The summed E-state index contributed by atoms with van der Waals surface area (Å²) < 4.78 is 77.2. The molecule has 1 atom stereocenters. The minimum atomic E-state index is -4.79. The molecule has 0 aliphatic heterocycles. The zero-order valence-corrected chi connectivity index (χ0v) is 11.9. The normalized spacial score (nSPS) is 17.4. The Bertz CT molecular complexity index is 509. The summed E-state index contributed by atoms with van der Waals surface area (Å²) in [5.41, 5.74) is 0.542. The number of ether oxygens (including phenoxy) is 1. The van der Waals surface area contributed by atoms with Gasteiger partial charge in [-0.15, -0.1) is 13.2 Å². The number of aliphatic hydroxyl groups excluding tert-OH is 1. The summed E-state index contributed by atoms with van der Waals surface area (Å²) in [6.07, 6.45) is -10.5. The lowest BCUT2D eigenvalue weighted by atomic mass is 10.2. The lowest BCUT2D eigenvalue weighted by Gasteiger charge is -2.26. The van der Waals surface area contributed by atoms with Crippen LogP contribution >= 0.6 is 0 Å². The van der Waals surface area contributed by atoms with Gasteiger partial charge >= 0.3 is 12.5 Å². The van der Waals surface area contributed by atoms with Gasteiger partial charge in [-0.05, 0) is 30.5 Å². The highest BCUT2D eigenvalue weighted by Gasteiger charge is 2.41. The maximum absolute atomic E-state index is 12.4. The van der Waals surface area contributed by atoms with Gasteiger partial charge in [-0.2, -0.15) is 13.2 Å². The Hall–Kier alpha value is -1.48. The lowest BCUT2D eigenvalue weighted by Crippen LogP contribution is -2.41. The van der Waals surface area contributed by atoms with Gasteiger partial charge in [-0.1, -0.05) is 12.1 Å². The SMILES string of the molecule is OC(CN(Cc1ccc(OC(F)(F)F)cc1)C1CC1)C(F)(F)F. The quantitative estimate of drug-likeness (QED) is 0.803. The topological polar surface area (TPSA) is 32.7 Å². The third-order valence-electron chi connectivity index (χ3n) is 3.39. The molecule has 1 aliphatic rings. The molecule has 9 heteroatoms. The second-order valence-electron chi connectivity index (χ2n) is 5.41. The average Bonchev–Trinajstić information content (AvgIpc) is 3.21. The number of benzene rings is 1. The van der Waals surface area contributed by atoms with Crippen molar-refractivity contribution < 1.29 is 36.2 Å². The van der Waals surface area contributed by atoms with Crippen molar-refractivity contribution in [3.05, 3.63) is 29.8 Å². The summed E-state index contributed by atoms with van der Waals surface area (Å²) in [5, 5.41) is 9.17. The fourth-order valence-corrected chi connectivity index (χ4v) is 2.14. The van der Waals surface area contributed by atoms with E-state index < -0.39 is 30.9 Å². The molecule has 3 nitrogen and oxygen atoms in total. The average molecular weight is 343 g/mol. The first-order chi connectivity index (χ1) is 10.5. The molecule has 0 amide bonds. The minimum absolute atomic E-state index is 0.0434. The van der Waals surface area contributed by atoms with Crippen LogP contribution in [-0.4, -0.2) is 41.2 Å². The van der Waals surface area contributed by atoms with Crippen LogP contribution in [-0.2, 0) is 6.54 Å². The second-order valence-corrected chi connectivity index (χ2v) is 5.41. The van der Waals surface area contributed by atoms with Crippen LogP contribution in [0.15, 0.2) is 24.3 Å². The third kappa shape index (κ3) is 5.91. The predicted molar refractivity (Wildman–Crippen MR) is 68.6 cm³/mol. The Morgan fingerprint density at radius 2 is 1.65 bits per heavy atom. The van der Waals surface area contributed by atoms with Crippen molar-refractivity contribution in [2.45, 2.75) is 44.1 Å². The van der Waals surface area contributed by atoms with Crippen molar-refractivity contribution in [3.8, 4) is 5.75 Å². The highest BCUT2D eigenvalue weighted by Crippen LogP contribution is 2.31. The third-order valence-corrected chi connectivity index (χ3v) is 3.39. The van der Waals surface area contributed by atoms with Crippen LogP contribution in [0.4, 0.5) is 26.3 Å². The van der Waals surface area contributed by atoms with E-state index in [0.717, 1.165) is 25.0 Å². The van der Waals surface area contributed by atoms with Crippen molar-refractivity contribution in [1.82, 2.24) is 4.90 Å². The van der Waals surface area contributed by atoms with E-state index in [1.165, 1.54) is 17.0 Å². The molecule has 0 spiro atoms. The maximum Gasteiger partial charge on any atom is 0.573 e. The number of alkyl halides is 6. The van der Waals surface area contributed by atoms with Gasteiger partial charge in [-0.25, -0.2) is 0 Å². The van der Waals surface area contributed by atoms with Gasteiger partial charge in [0.05, 0.1) is 0 Å². The zero-order chi connectivity index (χ0) is 17.3. The van der Waals surface area contributed by atoms with Crippen molar-refractivity contribution in [3.63, 3.8) is 0 Å². The smallest absolute Gasteiger partial charge is 0.406 e. The summed E-state index contributed by atoms with van der Waals surface area (Å²) in [6, 6.07) is 4.88. The number of hydrogen-bond donors (Lipinski definition) is 1. The highest BCUT2D eigenvalue weighted by molar-refractivity contribution is 5.27. The summed E-state index contributed by atoms with van der Waals surface area (Å²) in [4.78, 5) is 1.48. The predicted octanol–water partition coefficient (Wildman–Crippen LogP) is 3.47. The summed E-state index contributed by atoms with van der Waals surface area (Å²) in [5.74, 6) is -0.394. The largest absolute Gasteiger partial charge is 0.573 e. The van der Waals surface area contributed by atoms with Gasteiger partial charge in [0.1, 0.15) is 5.75 Å². The maximum atomic E-state index is 12.4. The monoisotopic (exact) mass is 343 g/mol. The summed E-state index contributed by atoms with van der Waals surface area (Å²) >= 11 is 0. The molecule has 1 saturated carbocycles. The summed E-state index contributed by atoms with van der Waals surface area (Å²) in [6.45, 7) is -0.445. The fourth-order valence-electron chi connectivity index (χ4n) is 2.14. The molecule has 130 valence electrons. The van der Waals surface area contributed by atoms with Crippen molar-refractivity contribution in [1.29, 1.82) is 0 Å². The molecule has 0 aromatic heterocycles. The Kier molecular flexibility index (Phi) is 5.10. The number of hydrogen-bond acceptors (Lipinski definition) is 3. The first-order valence-corrected chi connectivity index (χ1v) is 6.88. The van der Waals surface area contributed by atoms with E-state index in [1.807, 2.05) is 0 Å². The molecular formula is C14H15F6NO2. The van der Waals surface area contributed by atoms with Crippen LogP contribution in [0, 0.1) is 0 Å². The van der Waals surface area contributed by atoms with Gasteiger partial charge in [0.15, 0.2) is 6.10 Å². The molecule has 23 heavy (non-hydrogen) atoms. The van der Waals surface area contributed by atoms with E-state index in [-0.39, 0.29) is 12.6 Å². The molecule has 0 heterocycles. The van der Waals surface area contributed by atoms with Crippen LogP contribution in [0.25, 0.3) is 0 Å². The Morgan fingerprint density at radius 3 is 2.09 bits per heavy atom. The molecule has 1 aliphatic carbocycles. The van der Waals surface area contributed by atoms with Crippen molar-refractivity contribution in [2.75, 3.05) is 6.54 Å². The van der Waals surface area contributed by atoms with Gasteiger partial charge < -0.3 is 9.84 Å². The molecule has 1 fully saturated rings. The molecule has 1 aromatic carbocycles. The molecule has 0 saturated heterocycles. The second kappa shape index (κ2) is 6.56. The molecule has 1 N–H and O–H groups in total. The Morgan fingerprint density at radius 1 is 1.09 bits per heavy atom. The summed E-state index contributed by atoms with van der Waals surface area (Å²) in [7, 11) is 0. The van der Waals surface area contributed by atoms with E-state index in [2.05, 4.69) is 4.74 Å². The highest BCUT2D eigenvalue weighted by atomic mass is 19.4. The number of halogens is 6. The van der Waals surface area contributed by atoms with Crippen LogP contribution in [0.5, 0.6) is 5.75 Å². The van der Waals surface area contributed by atoms with Crippen LogP contribution < -0.4 is 4.74 Å². The standard InChI is InChI=1S/C14H15F6NO2/c15-13(16,17)12(22)8-21(10-3-4-10)7-9-1-5-11(6-2-9)23-14(18,19)20/h1-2,5-6,10,12,22H,3-4,7-8H2. The van der Waals surface area contributed by atoms with E-state index in [9.17, 15) is 31.4 Å². The molecule has 1 unspecified atom stereocenters. The van der Waals surface area contributed by atoms with E-state index in [0.29, 0.717) is 5.56 Å². The molecule has 0 bridgehead atoms. The number of nitrogens with zero attached hydrogens (tertiary/aromatic N) is 1.